The van der Waals surface area contributed by atoms with Crippen molar-refractivity contribution in [2.45, 2.75) is 36.9 Å². The van der Waals surface area contributed by atoms with Gasteiger partial charge in [0.25, 0.3) is 0 Å². The van der Waals surface area contributed by atoms with Gasteiger partial charge in [0.05, 0.1) is 11.7 Å². The van der Waals surface area contributed by atoms with E-state index in [1.54, 1.807) is 0 Å². The molecule has 1 fully saturated rings. The van der Waals surface area contributed by atoms with E-state index < -0.39 is 39.7 Å². The third kappa shape index (κ3) is 2.31. The molecule has 23 heavy (non-hydrogen) atoms. The second kappa shape index (κ2) is 4.76. The zero-order valence-electron chi connectivity index (χ0n) is 11.7. The minimum absolute atomic E-state index is 0.0642. The second-order valence-corrected chi connectivity index (χ2v) is 6.95. The first kappa shape index (κ1) is 15.9. The molecule has 1 saturated heterocycles. The molecule has 8 nitrogen and oxygen atoms in total. The third-order valence-corrected chi connectivity index (χ3v) is 5.01. The minimum atomic E-state index is -5.81. The Bertz CT molecular complexity index is 773. The zero-order chi connectivity index (χ0) is 17.2. The van der Waals surface area contributed by atoms with E-state index in [2.05, 4.69) is 9.28 Å². The number of aryl methyl sites for hydroxylation is 1. The minimum Gasteiger partial charge on any atom is -0.465 e. The molecule has 3 heterocycles. The van der Waals surface area contributed by atoms with Gasteiger partial charge >= 0.3 is 21.7 Å². The summed E-state index contributed by atoms with van der Waals surface area (Å²) in [6.07, 6.45) is -0.0666. The van der Waals surface area contributed by atoms with Gasteiger partial charge in [0.2, 0.25) is 5.88 Å². The first-order chi connectivity index (χ1) is 10.5. The summed E-state index contributed by atoms with van der Waals surface area (Å²) >= 11 is 0. The van der Waals surface area contributed by atoms with Gasteiger partial charge in [-0.15, -0.1) is 0 Å². The maximum atomic E-state index is 12.5. The first-order valence-corrected chi connectivity index (χ1v) is 8.01. The van der Waals surface area contributed by atoms with Crippen molar-refractivity contribution >= 4 is 16.2 Å². The molecule has 128 valence electrons. The molecule has 1 aromatic rings. The van der Waals surface area contributed by atoms with Crippen molar-refractivity contribution < 1.29 is 35.7 Å². The predicted molar refractivity (Wildman–Crippen MR) is 68.1 cm³/mol. The molecular weight excluding hydrogens is 343 g/mol. The lowest BCUT2D eigenvalue weighted by molar-refractivity contribution is -0.0502. The van der Waals surface area contributed by atoms with Crippen LogP contribution in [0.15, 0.2) is 0 Å². The molecule has 2 atom stereocenters. The number of alkyl halides is 3. The lowest BCUT2D eigenvalue weighted by Crippen LogP contribution is -2.41. The Morgan fingerprint density at radius 3 is 2.61 bits per heavy atom. The van der Waals surface area contributed by atoms with Gasteiger partial charge in [-0.1, -0.05) is 0 Å². The van der Waals surface area contributed by atoms with Crippen LogP contribution in [0.3, 0.4) is 0 Å². The quantitative estimate of drug-likeness (QED) is 0.635. The smallest absolute Gasteiger partial charge is 0.465 e. The highest BCUT2D eigenvalue weighted by Gasteiger charge is 2.51. The van der Waals surface area contributed by atoms with Gasteiger partial charge in [-0.05, 0) is 12.8 Å². The Morgan fingerprint density at radius 1 is 1.39 bits per heavy atom. The Kier molecular flexibility index (Phi) is 3.29. The molecule has 1 aromatic heterocycles. The average Bonchev–Trinajstić information content (AvgIpc) is 2.89. The van der Waals surface area contributed by atoms with Gasteiger partial charge in [-0.25, -0.2) is 9.48 Å². The first-order valence-electron chi connectivity index (χ1n) is 6.60. The SMILES string of the molecule is Cn1nc2c(c1OS(=O)(=O)C(F)(F)F)C[C@@H]1CC[C@H]2N1C(=O)O. The van der Waals surface area contributed by atoms with Crippen LogP contribution in [0.5, 0.6) is 5.88 Å². The van der Waals surface area contributed by atoms with Crippen molar-refractivity contribution in [2.75, 3.05) is 0 Å². The standard InChI is InChI=1S/C11H12F3N3O5S/c1-16-9(22-23(20,21)11(12,13)14)6-4-5-2-3-7(8(6)15-16)17(5)10(18)19/h5,7H,2-4H2,1H3,(H,18,19)/t5-,7+/m0/s1. The summed E-state index contributed by atoms with van der Waals surface area (Å²) in [5.74, 6) is -0.515. The highest BCUT2D eigenvalue weighted by molar-refractivity contribution is 7.87. The van der Waals surface area contributed by atoms with Gasteiger partial charge in [-0.2, -0.15) is 26.7 Å². The van der Waals surface area contributed by atoms with E-state index >= 15 is 0 Å². The Balaban J connectivity index is 2.02. The molecule has 1 amide bonds. The number of hydrogen-bond donors (Lipinski definition) is 1. The van der Waals surface area contributed by atoms with Crippen LogP contribution < -0.4 is 4.18 Å². The second-order valence-electron chi connectivity index (χ2n) is 5.42. The number of halogens is 3. The molecule has 0 aliphatic carbocycles. The highest BCUT2D eigenvalue weighted by Crippen LogP contribution is 2.46. The van der Waals surface area contributed by atoms with E-state index in [1.807, 2.05) is 0 Å². The number of carbonyl (C=O) groups is 1. The van der Waals surface area contributed by atoms with E-state index in [-0.39, 0.29) is 17.7 Å². The summed E-state index contributed by atoms with van der Waals surface area (Å²) in [4.78, 5) is 12.5. The van der Waals surface area contributed by atoms with Crippen LogP contribution in [0.25, 0.3) is 0 Å². The zero-order valence-corrected chi connectivity index (χ0v) is 12.6. The van der Waals surface area contributed by atoms with Gasteiger partial charge in [0, 0.05) is 25.1 Å². The largest absolute Gasteiger partial charge is 0.534 e. The fourth-order valence-electron chi connectivity index (χ4n) is 3.16. The van der Waals surface area contributed by atoms with Crippen LogP contribution in [0.1, 0.15) is 30.1 Å². The summed E-state index contributed by atoms with van der Waals surface area (Å²) in [6.45, 7) is 0. The highest BCUT2D eigenvalue weighted by atomic mass is 32.2. The van der Waals surface area contributed by atoms with Crippen LogP contribution in [0, 0.1) is 0 Å². The maximum absolute atomic E-state index is 12.5. The molecule has 0 aromatic carbocycles. The fraction of sp³-hybridized carbons (Fsp3) is 0.636. The molecule has 0 spiro atoms. The van der Waals surface area contributed by atoms with Crippen LogP contribution in [-0.4, -0.2) is 45.8 Å². The Labute approximate surface area is 128 Å². The topological polar surface area (TPSA) is 102 Å². The molecule has 12 heteroatoms. The maximum Gasteiger partial charge on any atom is 0.534 e. The number of fused-ring (bicyclic) bond motifs is 4. The molecule has 0 radical (unpaired) electrons. The van der Waals surface area contributed by atoms with Gasteiger partial charge in [-0.3, -0.25) is 4.90 Å². The number of carboxylic acid groups (broad SMARTS) is 1. The summed E-state index contributed by atoms with van der Waals surface area (Å²) in [7, 11) is -4.56. The number of amides is 1. The average molecular weight is 355 g/mol. The van der Waals surface area contributed by atoms with E-state index in [0.29, 0.717) is 12.8 Å². The van der Waals surface area contributed by atoms with Crippen molar-refractivity contribution in [1.29, 1.82) is 0 Å². The Hall–Kier alpha value is -1.98. The lowest BCUT2D eigenvalue weighted by Gasteiger charge is -2.31. The van der Waals surface area contributed by atoms with E-state index in [1.165, 1.54) is 11.9 Å². The number of hydrogen-bond acceptors (Lipinski definition) is 5. The van der Waals surface area contributed by atoms with Crippen LogP contribution >= 0.6 is 0 Å². The molecule has 2 aliphatic rings. The molecule has 0 unspecified atom stereocenters. The van der Waals surface area contributed by atoms with Crippen LogP contribution in [0.4, 0.5) is 18.0 Å². The lowest BCUT2D eigenvalue weighted by atomic mass is 10.0. The van der Waals surface area contributed by atoms with Crippen LogP contribution in [0.2, 0.25) is 0 Å². The number of nitrogens with zero attached hydrogens (tertiary/aromatic N) is 3. The summed E-state index contributed by atoms with van der Waals surface area (Å²) in [5.41, 5.74) is -5.09. The Morgan fingerprint density at radius 2 is 2.04 bits per heavy atom. The summed E-state index contributed by atoms with van der Waals surface area (Å²) < 4.78 is 65.0. The van der Waals surface area contributed by atoms with Gasteiger partial charge < -0.3 is 9.29 Å². The van der Waals surface area contributed by atoms with E-state index in [4.69, 9.17) is 0 Å². The molecular formula is C11H12F3N3O5S. The summed E-state index contributed by atoms with van der Waals surface area (Å²) in [6, 6.07) is -1.02. The van der Waals surface area contributed by atoms with E-state index in [0.717, 1.165) is 4.68 Å². The van der Waals surface area contributed by atoms with Crippen molar-refractivity contribution in [3.8, 4) is 5.88 Å². The van der Waals surface area contributed by atoms with Crippen molar-refractivity contribution in [2.24, 2.45) is 7.05 Å². The summed E-state index contributed by atoms with van der Waals surface area (Å²) in [5, 5.41) is 13.2. The molecule has 3 rings (SSSR count). The van der Waals surface area contributed by atoms with Gasteiger partial charge in [0.15, 0.2) is 0 Å². The molecule has 1 N–H and O–H groups in total. The molecule has 2 bridgehead atoms. The van der Waals surface area contributed by atoms with Crippen molar-refractivity contribution in [3.63, 3.8) is 0 Å². The number of aromatic nitrogens is 2. The molecule has 0 saturated carbocycles. The van der Waals surface area contributed by atoms with Gasteiger partial charge in [0.1, 0.15) is 0 Å². The van der Waals surface area contributed by atoms with Crippen molar-refractivity contribution in [1.82, 2.24) is 14.7 Å². The normalized spacial score (nSPS) is 23.7. The fourth-order valence-corrected chi connectivity index (χ4v) is 3.67. The molecule has 2 aliphatic heterocycles. The van der Waals surface area contributed by atoms with Crippen molar-refractivity contribution in [3.05, 3.63) is 11.3 Å². The third-order valence-electron chi connectivity index (χ3n) is 4.07. The van der Waals surface area contributed by atoms with E-state index in [9.17, 15) is 31.5 Å². The van der Waals surface area contributed by atoms with Crippen LogP contribution in [-0.2, 0) is 23.6 Å². The number of rotatable bonds is 2. The predicted octanol–water partition coefficient (Wildman–Crippen LogP) is 1.39. The monoisotopic (exact) mass is 355 g/mol.